The van der Waals surface area contributed by atoms with Gasteiger partial charge < -0.3 is 25.2 Å². The smallest absolute Gasteiger partial charge is 0.307 e. The molecule has 0 amide bonds. The second kappa shape index (κ2) is 8.41. The molecule has 0 aromatic rings. The van der Waals surface area contributed by atoms with Crippen LogP contribution in [0.4, 0.5) is 0 Å². The molecule has 7 heteroatoms. The van der Waals surface area contributed by atoms with Crippen molar-refractivity contribution in [2.45, 2.75) is 25.0 Å². The Balaban J connectivity index is 5.43. The highest BCUT2D eigenvalue weighted by atomic mass is 16.6. The summed E-state index contributed by atoms with van der Waals surface area (Å²) in [5.74, 6) is -2.07. The number of ether oxygens (including phenoxy) is 1. The first-order valence-corrected chi connectivity index (χ1v) is 5.53. The van der Waals surface area contributed by atoms with Gasteiger partial charge in [0.2, 0.25) is 0 Å². The molecular formula is C12H18O7. The molecule has 2 unspecified atom stereocenters. The Labute approximate surface area is 110 Å². The standard InChI is InChI=1S/C12H18O7/c1-9(15)19-12(5-3-7-14,8-11(17)18)10(16)4-2-6-13/h2-5,10,13-14,16H,6-8H2,1H3,(H,17,18). The van der Waals surface area contributed by atoms with E-state index in [0.717, 1.165) is 19.1 Å². The first kappa shape index (κ1) is 17.3. The monoisotopic (exact) mass is 274 g/mol. The van der Waals surface area contributed by atoms with Gasteiger partial charge in [-0.2, -0.15) is 0 Å². The van der Waals surface area contributed by atoms with E-state index in [1.165, 1.54) is 12.2 Å². The molecule has 0 saturated carbocycles. The molecule has 0 saturated heterocycles. The number of hydrogen-bond donors (Lipinski definition) is 4. The van der Waals surface area contributed by atoms with Crippen LogP contribution < -0.4 is 0 Å². The zero-order chi connectivity index (χ0) is 14.9. The van der Waals surface area contributed by atoms with Crippen LogP contribution in [0.2, 0.25) is 0 Å². The molecule has 0 bridgehead atoms. The van der Waals surface area contributed by atoms with E-state index in [-0.39, 0.29) is 6.61 Å². The number of carbonyl (C=O) groups excluding carboxylic acids is 1. The maximum atomic E-state index is 11.1. The van der Waals surface area contributed by atoms with Gasteiger partial charge in [0.1, 0.15) is 6.10 Å². The van der Waals surface area contributed by atoms with Crippen LogP contribution in [0.3, 0.4) is 0 Å². The predicted octanol–water partition coefficient (Wildman–Crippen LogP) is -0.779. The van der Waals surface area contributed by atoms with E-state index in [2.05, 4.69) is 0 Å². The first-order valence-electron chi connectivity index (χ1n) is 5.53. The molecule has 0 aliphatic rings. The normalized spacial score (nSPS) is 16.4. The maximum Gasteiger partial charge on any atom is 0.307 e. The number of rotatable bonds is 8. The van der Waals surface area contributed by atoms with E-state index in [1.807, 2.05) is 0 Å². The van der Waals surface area contributed by atoms with Crippen molar-refractivity contribution in [1.82, 2.24) is 0 Å². The Kier molecular flexibility index (Phi) is 7.66. The molecule has 2 atom stereocenters. The summed E-state index contributed by atoms with van der Waals surface area (Å²) >= 11 is 0. The summed E-state index contributed by atoms with van der Waals surface area (Å²) in [4.78, 5) is 22.0. The minimum atomic E-state index is -1.83. The zero-order valence-corrected chi connectivity index (χ0v) is 10.5. The van der Waals surface area contributed by atoms with Crippen LogP contribution >= 0.6 is 0 Å². The number of carboxylic acid groups (broad SMARTS) is 1. The summed E-state index contributed by atoms with van der Waals surface area (Å²) in [6, 6.07) is 0. The zero-order valence-electron chi connectivity index (χ0n) is 10.5. The molecular weight excluding hydrogens is 256 g/mol. The highest BCUT2D eigenvalue weighted by molar-refractivity contribution is 5.72. The summed E-state index contributed by atoms with van der Waals surface area (Å²) in [5.41, 5.74) is -1.83. The number of carboxylic acids is 1. The number of aliphatic hydroxyl groups is 3. The molecule has 0 radical (unpaired) electrons. The van der Waals surface area contributed by atoms with Gasteiger partial charge in [0.25, 0.3) is 0 Å². The molecule has 0 aliphatic heterocycles. The summed E-state index contributed by atoms with van der Waals surface area (Å²) in [6.45, 7) is 0.314. The van der Waals surface area contributed by atoms with Crippen LogP contribution in [0.25, 0.3) is 0 Å². The number of carbonyl (C=O) groups is 2. The third-order valence-electron chi connectivity index (χ3n) is 2.19. The fourth-order valence-electron chi connectivity index (χ4n) is 1.50. The third-order valence-corrected chi connectivity index (χ3v) is 2.19. The van der Waals surface area contributed by atoms with Crippen molar-refractivity contribution in [3.63, 3.8) is 0 Å². The fraction of sp³-hybridized carbons (Fsp3) is 0.500. The molecule has 0 rings (SSSR count). The van der Waals surface area contributed by atoms with Crippen molar-refractivity contribution >= 4 is 11.9 Å². The SMILES string of the molecule is CC(=O)OC(C=CCO)(CC(=O)O)C(O)C=CCO. The Morgan fingerprint density at radius 2 is 1.84 bits per heavy atom. The van der Waals surface area contributed by atoms with Gasteiger partial charge in [0.05, 0.1) is 19.6 Å². The van der Waals surface area contributed by atoms with Gasteiger partial charge in [-0.05, 0) is 6.08 Å². The lowest BCUT2D eigenvalue weighted by Crippen LogP contribution is -2.45. The van der Waals surface area contributed by atoms with Crippen LogP contribution in [0.1, 0.15) is 13.3 Å². The summed E-state index contributed by atoms with van der Waals surface area (Å²) in [7, 11) is 0. The predicted molar refractivity (Wildman–Crippen MR) is 65.2 cm³/mol. The number of aliphatic carboxylic acids is 1. The molecule has 0 spiro atoms. The van der Waals surface area contributed by atoms with Crippen LogP contribution in [0.15, 0.2) is 24.3 Å². The lowest BCUT2D eigenvalue weighted by atomic mass is 9.91. The highest BCUT2D eigenvalue weighted by Gasteiger charge is 2.40. The molecule has 0 aliphatic carbocycles. The van der Waals surface area contributed by atoms with E-state index >= 15 is 0 Å². The van der Waals surface area contributed by atoms with Gasteiger partial charge in [0, 0.05) is 6.92 Å². The Morgan fingerprint density at radius 1 is 1.26 bits per heavy atom. The van der Waals surface area contributed by atoms with Crippen molar-refractivity contribution < 1.29 is 34.8 Å². The lowest BCUT2D eigenvalue weighted by molar-refractivity contribution is -0.165. The minimum Gasteiger partial charge on any atom is -0.481 e. The van der Waals surface area contributed by atoms with Crippen molar-refractivity contribution in [1.29, 1.82) is 0 Å². The van der Waals surface area contributed by atoms with Crippen molar-refractivity contribution in [2.75, 3.05) is 13.2 Å². The maximum absolute atomic E-state index is 11.1. The molecule has 108 valence electrons. The van der Waals surface area contributed by atoms with E-state index in [4.69, 9.17) is 20.1 Å². The Hall–Kier alpha value is -1.70. The molecule has 0 fully saturated rings. The minimum absolute atomic E-state index is 0.357. The molecule has 19 heavy (non-hydrogen) atoms. The first-order chi connectivity index (χ1) is 8.88. The number of aliphatic hydroxyl groups excluding tert-OH is 3. The number of esters is 1. The van der Waals surface area contributed by atoms with Gasteiger partial charge in [-0.1, -0.05) is 18.2 Å². The van der Waals surface area contributed by atoms with Crippen molar-refractivity contribution in [3.05, 3.63) is 24.3 Å². The molecule has 0 heterocycles. The topological polar surface area (TPSA) is 124 Å². The van der Waals surface area contributed by atoms with Crippen LogP contribution in [-0.4, -0.2) is 57.3 Å². The molecule has 0 aromatic carbocycles. The van der Waals surface area contributed by atoms with E-state index < -0.39 is 36.7 Å². The average molecular weight is 274 g/mol. The fourth-order valence-corrected chi connectivity index (χ4v) is 1.50. The Bertz CT molecular complexity index is 343. The van der Waals surface area contributed by atoms with E-state index in [1.54, 1.807) is 0 Å². The summed E-state index contributed by atoms with van der Waals surface area (Å²) < 4.78 is 4.91. The highest BCUT2D eigenvalue weighted by Crippen LogP contribution is 2.25. The van der Waals surface area contributed by atoms with Crippen molar-refractivity contribution in [3.8, 4) is 0 Å². The van der Waals surface area contributed by atoms with Gasteiger partial charge in [0.15, 0.2) is 5.60 Å². The second-order valence-electron chi connectivity index (χ2n) is 3.76. The van der Waals surface area contributed by atoms with E-state index in [9.17, 15) is 14.7 Å². The molecule has 4 N–H and O–H groups in total. The quantitative estimate of drug-likeness (QED) is 0.338. The molecule has 7 nitrogen and oxygen atoms in total. The van der Waals surface area contributed by atoms with Gasteiger partial charge in [-0.15, -0.1) is 0 Å². The number of hydrogen-bond acceptors (Lipinski definition) is 6. The summed E-state index contributed by atoms with van der Waals surface area (Å²) in [6.07, 6.45) is 2.45. The Morgan fingerprint density at radius 3 is 2.26 bits per heavy atom. The largest absolute Gasteiger partial charge is 0.481 e. The van der Waals surface area contributed by atoms with Gasteiger partial charge in [-0.3, -0.25) is 9.59 Å². The van der Waals surface area contributed by atoms with Gasteiger partial charge in [-0.25, -0.2) is 0 Å². The lowest BCUT2D eigenvalue weighted by Gasteiger charge is -2.32. The van der Waals surface area contributed by atoms with Crippen LogP contribution in [0, 0.1) is 0 Å². The van der Waals surface area contributed by atoms with Gasteiger partial charge >= 0.3 is 11.9 Å². The third kappa shape index (κ3) is 6.14. The molecule has 0 aromatic heterocycles. The van der Waals surface area contributed by atoms with E-state index in [0.29, 0.717) is 0 Å². The van der Waals surface area contributed by atoms with Crippen LogP contribution in [-0.2, 0) is 14.3 Å². The van der Waals surface area contributed by atoms with Crippen molar-refractivity contribution in [2.24, 2.45) is 0 Å². The van der Waals surface area contributed by atoms with Crippen LogP contribution in [0.5, 0.6) is 0 Å². The average Bonchev–Trinajstić information content (AvgIpc) is 2.31. The summed E-state index contributed by atoms with van der Waals surface area (Å²) in [5, 5.41) is 36.2. The second-order valence-corrected chi connectivity index (χ2v) is 3.76.